The third kappa shape index (κ3) is 2.98. The van der Waals surface area contributed by atoms with Gasteiger partial charge in [-0.3, -0.25) is 4.79 Å². The molecule has 0 bridgehead atoms. The number of nitrogens with one attached hydrogen (secondary N) is 2. The molecule has 4 nitrogen and oxygen atoms in total. The van der Waals surface area contributed by atoms with E-state index in [2.05, 4.69) is 33.7 Å². The third-order valence-electron chi connectivity index (χ3n) is 2.71. The van der Waals surface area contributed by atoms with E-state index in [1.165, 1.54) is 11.6 Å². The highest BCUT2D eigenvalue weighted by molar-refractivity contribution is 7.07. The normalized spacial score (nSPS) is 12.7. The van der Waals surface area contributed by atoms with Crippen LogP contribution < -0.4 is 10.9 Å². The van der Waals surface area contributed by atoms with E-state index in [0.717, 1.165) is 0 Å². The first kappa shape index (κ1) is 12.8. The standard InChI is InChI=1S/C13H17N3OS/c1-8(2)13-15-11(6-12(17)16-13)14-9(3)10-4-5-18-7-10/h4-9H,1-3H3,(H2,14,15,16,17). The summed E-state index contributed by atoms with van der Waals surface area (Å²) in [5, 5.41) is 7.39. The van der Waals surface area contributed by atoms with E-state index in [-0.39, 0.29) is 17.5 Å². The van der Waals surface area contributed by atoms with Crippen LogP contribution in [0.2, 0.25) is 0 Å². The number of hydrogen-bond acceptors (Lipinski definition) is 4. The van der Waals surface area contributed by atoms with Gasteiger partial charge in [-0.1, -0.05) is 13.8 Å². The van der Waals surface area contributed by atoms with Crippen LogP contribution in [0.25, 0.3) is 0 Å². The molecule has 0 aromatic carbocycles. The summed E-state index contributed by atoms with van der Waals surface area (Å²) in [6.07, 6.45) is 0. The van der Waals surface area contributed by atoms with Crippen LogP contribution in [0.1, 0.15) is 44.1 Å². The van der Waals surface area contributed by atoms with Crippen LogP contribution in [-0.2, 0) is 0 Å². The van der Waals surface area contributed by atoms with E-state index in [0.29, 0.717) is 11.6 Å². The maximum Gasteiger partial charge on any atom is 0.252 e. The summed E-state index contributed by atoms with van der Waals surface area (Å²) in [4.78, 5) is 18.7. The number of aromatic nitrogens is 2. The SMILES string of the molecule is CC(C)c1nc(NC(C)c2ccsc2)cc(=O)[nH]1. The Morgan fingerprint density at radius 1 is 1.39 bits per heavy atom. The minimum Gasteiger partial charge on any atom is -0.363 e. The molecule has 0 aliphatic carbocycles. The fourth-order valence-electron chi connectivity index (χ4n) is 1.65. The second kappa shape index (κ2) is 5.35. The fourth-order valence-corrected chi connectivity index (χ4v) is 2.40. The molecule has 5 heteroatoms. The van der Waals surface area contributed by atoms with Crippen LogP contribution in [0.3, 0.4) is 0 Å². The molecule has 0 fully saturated rings. The van der Waals surface area contributed by atoms with Crippen LogP contribution in [0.5, 0.6) is 0 Å². The Labute approximate surface area is 110 Å². The molecule has 2 aromatic rings. The minimum absolute atomic E-state index is 0.117. The number of hydrogen-bond donors (Lipinski definition) is 2. The number of aromatic amines is 1. The van der Waals surface area contributed by atoms with Gasteiger partial charge in [-0.15, -0.1) is 0 Å². The molecule has 96 valence electrons. The van der Waals surface area contributed by atoms with E-state index in [1.807, 2.05) is 19.2 Å². The summed E-state index contributed by atoms with van der Waals surface area (Å²) < 4.78 is 0. The highest BCUT2D eigenvalue weighted by Gasteiger charge is 2.09. The van der Waals surface area contributed by atoms with E-state index in [9.17, 15) is 4.79 Å². The lowest BCUT2D eigenvalue weighted by Gasteiger charge is -2.14. The van der Waals surface area contributed by atoms with Crippen LogP contribution in [-0.4, -0.2) is 9.97 Å². The minimum atomic E-state index is -0.117. The molecule has 2 heterocycles. The van der Waals surface area contributed by atoms with E-state index >= 15 is 0 Å². The largest absolute Gasteiger partial charge is 0.363 e. The van der Waals surface area contributed by atoms with Crippen LogP contribution >= 0.6 is 11.3 Å². The van der Waals surface area contributed by atoms with E-state index in [4.69, 9.17) is 0 Å². The van der Waals surface area contributed by atoms with Gasteiger partial charge in [0.05, 0.1) is 6.04 Å². The molecule has 0 radical (unpaired) electrons. The summed E-state index contributed by atoms with van der Waals surface area (Å²) in [5.41, 5.74) is 1.09. The third-order valence-corrected chi connectivity index (χ3v) is 3.42. The molecule has 0 saturated carbocycles. The van der Waals surface area contributed by atoms with Crippen molar-refractivity contribution in [2.75, 3.05) is 5.32 Å². The number of anilines is 1. The van der Waals surface area contributed by atoms with Crippen LogP contribution in [0.15, 0.2) is 27.7 Å². The summed E-state index contributed by atoms with van der Waals surface area (Å²) >= 11 is 1.66. The smallest absolute Gasteiger partial charge is 0.252 e. The Bertz CT molecular complexity index is 560. The van der Waals surface area contributed by atoms with Gasteiger partial charge in [0.2, 0.25) is 0 Å². The summed E-state index contributed by atoms with van der Waals surface area (Å²) in [6.45, 7) is 6.06. The van der Waals surface area contributed by atoms with Crippen molar-refractivity contribution in [3.05, 3.63) is 44.6 Å². The molecule has 2 rings (SSSR count). The predicted molar refractivity (Wildman–Crippen MR) is 75.3 cm³/mol. The first-order valence-electron chi connectivity index (χ1n) is 5.96. The zero-order chi connectivity index (χ0) is 13.1. The molecule has 0 amide bonds. The van der Waals surface area contributed by atoms with Gasteiger partial charge in [-0.05, 0) is 29.3 Å². The molecular formula is C13H17N3OS. The maximum absolute atomic E-state index is 11.6. The molecule has 0 aliphatic rings. The first-order chi connectivity index (χ1) is 8.56. The van der Waals surface area contributed by atoms with Crippen molar-refractivity contribution in [1.29, 1.82) is 0 Å². The molecule has 0 aliphatic heterocycles. The summed E-state index contributed by atoms with van der Waals surface area (Å²) in [6, 6.07) is 3.71. The molecule has 18 heavy (non-hydrogen) atoms. The van der Waals surface area contributed by atoms with Gasteiger partial charge >= 0.3 is 0 Å². The van der Waals surface area contributed by atoms with Crippen molar-refractivity contribution >= 4 is 17.2 Å². The Kier molecular flexibility index (Phi) is 3.81. The van der Waals surface area contributed by atoms with Gasteiger partial charge in [0, 0.05) is 12.0 Å². The fraction of sp³-hybridized carbons (Fsp3) is 0.385. The summed E-state index contributed by atoms with van der Waals surface area (Å²) in [7, 11) is 0. The Balaban J connectivity index is 2.21. The van der Waals surface area contributed by atoms with Crippen LogP contribution in [0.4, 0.5) is 5.82 Å². The van der Waals surface area contributed by atoms with Crippen molar-refractivity contribution in [2.24, 2.45) is 0 Å². The quantitative estimate of drug-likeness (QED) is 0.891. The van der Waals surface area contributed by atoms with Gasteiger partial charge in [0.1, 0.15) is 11.6 Å². The highest BCUT2D eigenvalue weighted by atomic mass is 32.1. The van der Waals surface area contributed by atoms with E-state index in [1.54, 1.807) is 11.3 Å². The monoisotopic (exact) mass is 263 g/mol. The molecule has 0 spiro atoms. The van der Waals surface area contributed by atoms with Gasteiger partial charge in [0.25, 0.3) is 5.56 Å². The lowest BCUT2D eigenvalue weighted by atomic mass is 10.2. The number of H-pyrrole nitrogens is 1. The Morgan fingerprint density at radius 3 is 2.78 bits per heavy atom. The van der Waals surface area contributed by atoms with Gasteiger partial charge in [0.15, 0.2) is 0 Å². The molecule has 1 atom stereocenters. The molecule has 1 unspecified atom stereocenters. The van der Waals surface area contributed by atoms with E-state index < -0.39 is 0 Å². The predicted octanol–water partition coefficient (Wildman–Crippen LogP) is 3.13. The first-order valence-corrected chi connectivity index (χ1v) is 6.90. The Morgan fingerprint density at radius 2 is 2.17 bits per heavy atom. The second-order valence-electron chi connectivity index (χ2n) is 4.59. The lowest BCUT2D eigenvalue weighted by molar-refractivity contribution is 0.761. The van der Waals surface area contributed by atoms with Crippen molar-refractivity contribution in [1.82, 2.24) is 9.97 Å². The summed E-state index contributed by atoms with van der Waals surface area (Å²) in [5.74, 6) is 1.54. The van der Waals surface area contributed by atoms with Crippen molar-refractivity contribution in [2.45, 2.75) is 32.7 Å². The zero-order valence-corrected chi connectivity index (χ0v) is 11.5. The molecule has 0 saturated heterocycles. The molecule has 2 aromatic heterocycles. The van der Waals surface area contributed by atoms with Crippen molar-refractivity contribution in [3.63, 3.8) is 0 Å². The van der Waals surface area contributed by atoms with Gasteiger partial charge < -0.3 is 10.3 Å². The zero-order valence-electron chi connectivity index (χ0n) is 10.7. The van der Waals surface area contributed by atoms with Crippen molar-refractivity contribution < 1.29 is 0 Å². The van der Waals surface area contributed by atoms with Gasteiger partial charge in [-0.2, -0.15) is 11.3 Å². The average molecular weight is 263 g/mol. The maximum atomic E-state index is 11.6. The second-order valence-corrected chi connectivity index (χ2v) is 5.37. The number of thiophene rings is 1. The van der Waals surface area contributed by atoms with Crippen molar-refractivity contribution in [3.8, 4) is 0 Å². The van der Waals surface area contributed by atoms with Crippen LogP contribution in [0, 0.1) is 0 Å². The molecular weight excluding hydrogens is 246 g/mol. The highest BCUT2D eigenvalue weighted by Crippen LogP contribution is 2.20. The Hall–Kier alpha value is -1.62. The molecule has 2 N–H and O–H groups in total. The van der Waals surface area contributed by atoms with Gasteiger partial charge in [-0.25, -0.2) is 4.98 Å². The number of rotatable bonds is 4. The lowest BCUT2D eigenvalue weighted by Crippen LogP contribution is -2.16. The topological polar surface area (TPSA) is 57.8 Å². The number of nitrogens with zero attached hydrogens (tertiary/aromatic N) is 1. The average Bonchev–Trinajstić information content (AvgIpc) is 2.81.